The molecule has 2 heterocycles. The topological polar surface area (TPSA) is 116 Å². The van der Waals surface area contributed by atoms with Gasteiger partial charge in [0.2, 0.25) is 11.2 Å². The predicted molar refractivity (Wildman–Crippen MR) is 68.0 cm³/mol. The Morgan fingerprint density at radius 2 is 2.16 bits per heavy atom. The number of anilines is 1. The van der Waals surface area contributed by atoms with Crippen molar-refractivity contribution in [2.75, 3.05) is 23.9 Å². The maximum atomic E-state index is 11.0. The average Bonchev–Trinajstić information content (AvgIpc) is 2.79. The molecule has 2 aromatic heterocycles. The first kappa shape index (κ1) is 13.6. The summed E-state index contributed by atoms with van der Waals surface area (Å²) in [5.74, 6) is 0.336. The van der Waals surface area contributed by atoms with Crippen LogP contribution in [0, 0.1) is 0 Å². The minimum atomic E-state index is -3.05. The monoisotopic (exact) mass is 303 g/mol. The van der Waals surface area contributed by atoms with E-state index in [4.69, 9.17) is 11.6 Å². The first-order valence-electron chi connectivity index (χ1n) is 5.12. The van der Waals surface area contributed by atoms with Crippen LogP contribution in [-0.2, 0) is 9.84 Å². The van der Waals surface area contributed by atoms with Crippen molar-refractivity contribution >= 4 is 27.4 Å². The molecule has 0 unspecified atom stereocenters. The van der Waals surface area contributed by atoms with Crippen LogP contribution in [0.5, 0.6) is 0 Å². The Hall–Kier alpha value is -1.81. The Bertz CT molecular complexity index is 658. The zero-order valence-electron chi connectivity index (χ0n) is 9.85. The van der Waals surface area contributed by atoms with Crippen LogP contribution < -0.4 is 5.32 Å². The number of nitrogens with zero attached hydrogens (tertiary/aromatic N) is 6. The van der Waals surface area contributed by atoms with E-state index in [1.165, 1.54) is 17.3 Å². The molecule has 2 rings (SSSR count). The van der Waals surface area contributed by atoms with Crippen molar-refractivity contribution < 1.29 is 8.42 Å². The fourth-order valence-electron chi connectivity index (χ4n) is 1.18. The fraction of sp³-hybridized carbons (Fsp3) is 0.375. The van der Waals surface area contributed by atoms with Gasteiger partial charge >= 0.3 is 0 Å². The molecular weight excluding hydrogens is 294 g/mol. The van der Waals surface area contributed by atoms with Crippen molar-refractivity contribution in [3.05, 3.63) is 17.9 Å². The number of hydrogen-bond donors (Lipinski definition) is 1. The van der Waals surface area contributed by atoms with Crippen LogP contribution >= 0.6 is 11.6 Å². The third-order valence-corrected chi connectivity index (χ3v) is 3.09. The van der Waals surface area contributed by atoms with Crippen LogP contribution in [0.2, 0.25) is 5.28 Å². The summed E-state index contributed by atoms with van der Waals surface area (Å²) in [6.45, 7) is 0.177. The second kappa shape index (κ2) is 5.45. The van der Waals surface area contributed by atoms with E-state index in [0.717, 1.165) is 6.26 Å². The van der Waals surface area contributed by atoms with Gasteiger partial charge < -0.3 is 5.32 Å². The van der Waals surface area contributed by atoms with Crippen molar-refractivity contribution in [3.8, 4) is 5.95 Å². The molecule has 1 N–H and O–H groups in total. The molecule has 19 heavy (non-hydrogen) atoms. The van der Waals surface area contributed by atoms with E-state index in [1.54, 1.807) is 0 Å². The minimum absolute atomic E-state index is 0.0256. The summed E-state index contributed by atoms with van der Waals surface area (Å²) in [7, 11) is -3.05. The van der Waals surface area contributed by atoms with Crippen molar-refractivity contribution in [1.82, 2.24) is 29.7 Å². The highest BCUT2D eigenvalue weighted by molar-refractivity contribution is 7.90. The molecule has 0 saturated heterocycles. The lowest BCUT2D eigenvalue weighted by molar-refractivity contribution is 0.602. The number of halogens is 1. The normalized spacial score (nSPS) is 11.5. The summed E-state index contributed by atoms with van der Waals surface area (Å²) >= 11 is 5.75. The molecule has 0 aromatic carbocycles. The first-order valence-corrected chi connectivity index (χ1v) is 7.56. The van der Waals surface area contributed by atoms with Crippen LogP contribution in [0.25, 0.3) is 5.95 Å². The van der Waals surface area contributed by atoms with Gasteiger partial charge in [0.25, 0.3) is 5.95 Å². The molecule has 0 saturated carbocycles. The standard InChI is InChI=1S/C8H10ClN7O2S/c1-19(17,18)3-2-11-7-13-6(9)14-8(15-7)16-5-10-4-12-16/h4-5H,2-3H2,1H3,(H,11,13,14,15). The average molecular weight is 304 g/mol. The molecule has 0 fully saturated rings. The number of aromatic nitrogens is 6. The van der Waals surface area contributed by atoms with E-state index in [-0.39, 0.29) is 29.5 Å². The van der Waals surface area contributed by atoms with Gasteiger partial charge in [0.15, 0.2) is 0 Å². The number of nitrogens with one attached hydrogen (secondary N) is 1. The highest BCUT2D eigenvalue weighted by Crippen LogP contribution is 2.08. The zero-order chi connectivity index (χ0) is 13.9. The molecule has 2 aromatic rings. The molecule has 0 bridgehead atoms. The third-order valence-electron chi connectivity index (χ3n) is 1.98. The van der Waals surface area contributed by atoms with E-state index >= 15 is 0 Å². The SMILES string of the molecule is CS(=O)(=O)CCNc1nc(Cl)nc(-n2cncn2)n1. The van der Waals surface area contributed by atoms with E-state index in [2.05, 4.69) is 30.4 Å². The lowest BCUT2D eigenvalue weighted by Crippen LogP contribution is -2.16. The molecule has 11 heteroatoms. The summed E-state index contributed by atoms with van der Waals surface area (Å²) in [5.41, 5.74) is 0. The Labute approximate surface area is 114 Å². The molecule has 0 spiro atoms. The smallest absolute Gasteiger partial charge is 0.258 e. The van der Waals surface area contributed by atoms with E-state index in [0.29, 0.717) is 0 Å². The molecule has 0 atom stereocenters. The van der Waals surface area contributed by atoms with Crippen LogP contribution in [0.15, 0.2) is 12.7 Å². The predicted octanol–water partition coefficient (Wildman–Crippen LogP) is -0.438. The van der Waals surface area contributed by atoms with Crippen LogP contribution in [-0.4, -0.2) is 56.7 Å². The highest BCUT2D eigenvalue weighted by Gasteiger charge is 2.08. The fourth-order valence-corrected chi connectivity index (χ4v) is 1.81. The van der Waals surface area contributed by atoms with Crippen LogP contribution in [0.3, 0.4) is 0 Å². The van der Waals surface area contributed by atoms with Gasteiger partial charge in [0.1, 0.15) is 22.5 Å². The van der Waals surface area contributed by atoms with Gasteiger partial charge in [0.05, 0.1) is 5.75 Å². The Kier molecular flexibility index (Phi) is 3.90. The summed E-state index contributed by atoms with van der Waals surface area (Å²) in [6, 6.07) is 0. The number of sulfone groups is 1. The van der Waals surface area contributed by atoms with Gasteiger partial charge in [-0.1, -0.05) is 0 Å². The molecule has 102 valence electrons. The second-order valence-corrected chi connectivity index (χ2v) is 6.22. The molecule has 0 aliphatic rings. The molecule has 0 aliphatic carbocycles. The Morgan fingerprint density at radius 1 is 1.37 bits per heavy atom. The zero-order valence-corrected chi connectivity index (χ0v) is 11.4. The quantitative estimate of drug-likeness (QED) is 0.790. The molecule has 0 amide bonds. The van der Waals surface area contributed by atoms with Crippen molar-refractivity contribution in [2.24, 2.45) is 0 Å². The lowest BCUT2D eigenvalue weighted by atomic mass is 10.7. The minimum Gasteiger partial charge on any atom is -0.353 e. The summed E-state index contributed by atoms with van der Waals surface area (Å²) in [4.78, 5) is 15.5. The maximum Gasteiger partial charge on any atom is 0.258 e. The van der Waals surface area contributed by atoms with Crippen molar-refractivity contribution in [3.63, 3.8) is 0 Å². The first-order chi connectivity index (χ1) is 8.94. The van der Waals surface area contributed by atoms with E-state index in [1.807, 2.05) is 0 Å². The Morgan fingerprint density at radius 3 is 2.79 bits per heavy atom. The number of hydrogen-bond acceptors (Lipinski definition) is 8. The van der Waals surface area contributed by atoms with Crippen LogP contribution in [0.1, 0.15) is 0 Å². The van der Waals surface area contributed by atoms with Gasteiger partial charge in [-0.15, -0.1) is 0 Å². The van der Waals surface area contributed by atoms with Crippen molar-refractivity contribution in [2.45, 2.75) is 0 Å². The van der Waals surface area contributed by atoms with E-state index in [9.17, 15) is 8.42 Å². The number of rotatable bonds is 5. The van der Waals surface area contributed by atoms with Gasteiger partial charge in [0, 0.05) is 12.8 Å². The summed E-state index contributed by atoms with van der Waals surface area (Å²) in [6.07, 6.45) is 3.89. The lowest BCUT2D eigenvalue weighted by Gasteiger charge is -2.05. The molecule has 0 aliphatic heterocycles. The summed E-state index contributed by atoms with van der Waals surface area (Å²) in [5, 5.41) is 6.59. The second-order valence-electron chi connectivity index (χ2n) is 3.62. The molecule has 9 nitrogen and oxygen atoms in total. The van der Waals surface area contributed by atoms with E-state index < -0.39 is 9.84 Å². The maximum absolute atomic E-state index is 11.0. The van der Waals surface area contributed by atoms with Crippen LogP contribution in [0.4, 0.5) is 5.95 Å². The molecule has 0 radical (unpaired) electrons. The van der Waals surface area contributed by atoms with Gasteiger partial charge in [-0.25, -0.2) is 13.4 Å². The summed E-state index contributed by atoms with van der Waals surface area (Å²) < 4.78 is 23.3. The molecular formula is C8H10ClN7O2S. The van der Waals surface area contributed by atoms with Gasteiger partial charge in [-0.2, -0.15) is 24.7 Å². The van der Waals surface area contributed by atoms with Gasteiger partial charge in [-0.3, -0.25) is 0 Å². The van der Waals surface area contributed by atoms with Gasteiger partial charge in [-0.05, 0) is 11.6 Å². The van der Waals surface area contributed by atoms with Crippen molar-refractivity contribution in [1.29, 1.82) is 0 Å². The largest absolute Gasteiger partial charge is 0.353 e. The Balaban J connectivity index is 2.14. The highest BCUT2D eigenvalue weighted by atomic mass is 35.5. The third kappa shape index (κ3) is 4.10.